The molecule has 19 heavy (non-hydrogen) atoms. The third-order valence-corrected chi connectivity index (χ3v) is 3.18. The predicted octanol–water partition coefficient (Wildman–Crippen LogP) is -4.24. The van der Waals surface area contributed by atoms with Crippen molar-refractivity contribution >= 4 is 22.3 Å². The number of carbonyl (C=O) groups excluding carboxylic acids is 2. The van der Waals surface area contributed by atoms with Gasteiger partial charge in [0.15, 0.2) is 0 Å². The third kappa shape index (κ3) is 3.09. The van der Waals surface area contributed by atoms with Gasteiger partial charge in [-0.3, -0.25) is 9.35 Å². The van der Waals surface area contributed by atoms with Crippen LogP contribution in [0.15, 0.2) is 11.6 Å². The summed E-state index contributed by atoms with van der Waals surface area (Å²) in [5.41, 5.74) is 5.70. The van der Waals surface area contributed by atoms with Crippen LogP contribution in [-0.2, 0) is 19.5 Å². The van der Waals surface area contributed by atoms with Crippen LogP contribution in [0.5, 0.6) is 0 Å². The first kappa shape index (κ1) is 16.4. The second-order valence-electron chi connectivity index (χ2n) is 4.04. The monoisotopic (exact) mass is 301 g/mol. The molecule has 1 fully saturated rings. The van der Waals surface area contributed by atoms with Gasteiger partial charge in [-0.15, -0.1) is 4.28 Å². The van der Waals surface area contributed by atoms with Crippen LogP contribution in [0.1, 0.15) is 8.35 Å². The second-order valence-corrected chi connectivity index (χ2v) is 5.04. The Morgan fingerprint density at radius 1 is 1.63 bits per heavy atom. The quantitative estimate of drug-likeness (QED) is 0.308. The van der Waals surface area contributed by atoms with E-state index in [1.54, 1.807) is 6.92 Å². The molecule has 2 aliphatic rings. The minimum Gasteiger partial charge on any atom is -1.00 e. The molecule has 3 amide bonds. The topological polar surface area (TPSA) is 130 Å². The fourth-order valence-corrected chi connectivity index (χ4v) is 2.40. The number of rotatable bonds is 3. The minimum atomic E-state index is -4.81. The molecule has 0 saturated carbocycles. The summed E-state index contributed by atoms with van der Waals surface area (Å²) in [4.78, 5) is 24.1. The number of hydroxylamine groups is 2. The fraction of sp³-hybridized carbons (Fsp3) is 0.500. The average molecular weight is 301 g/mol. The maximum Gasteiger partial charge on any atom is 1.00 e. The van der Waals surface area contributed by atoms with Crippen LogP contribution in [0.25, 0.3) is 0 Å². The van der Waals surface area contributed by atoms with E-state index in [1.165, 1.54) is 6.08 Å². The van der Waals surface area contributed by atoms with Crippen LogP contribution in [-0.4, -0.2) is 53.5 Å². The zero-order valence-electron chi connectivity index (χ0n) is 11.3. The predicted molar refractivity (Wildman–Crippen MR) is 58.2 cm³/mol. The van der Waals surface area contributed by atoms with E-state index in [2.05, 4.69) is 4.28 Å². The van der Waals surface area contributed by atoms with Crippen LogP contribution >= 0.6 is 0 Å². The third-order valence-electron chi connectivity index (χ3n) is 2.84. The van der Waals surface area contributed by atoms with Crippen molar-refractivity contribution in [3.63, 3.8) is 0 Å². The summed E-state index contributed by atoms with van der Waals surface area (Å²) in [6.07, 6.45) is 1.46. The molecule has 2 aliphatic heterocycles. The molecule has 0 spiro atoms. The van der Waals surface area contributed by atoms with E-state index in [4.69, 9.17) is 10.3 Å². The van der Waals surface area contributed by atoms with Gasteiger partial charge in [0.05, 0.1) is 6.54 Å². The van der Waals surface area contributed by atoms with E-state index in [-0.39, 0.29) is 37.5 Å². The van der Waals surface area contributed by atoms with Crippen molar-refractivity contribution in [2.75, 3.05) is 6.54 Å². The van der Waals surface area contributed by atoms with Gasteiger partial charge in [0, 0.05) is 0 Å². The Hall–Kier alpha value is -0.650. The molecule has 0 aliphatic carbocycles. The Labute approximate surface area is 133 Å². The van der Waals surface area contributed by atoms with Crippen molar-refractivity contribution in [3.8, 4) is 0 Å². The van der Waals surface area contributed by atoms with Gasteiger partial charge in [0.1, 0.15) is 12.1 Å². The maximum atomic E-state index is 11.8. The molecule has 0 aromatic heterocycles. The molecule has 2 heterocycles. The van der Waals surface area contributed by atoms with Crippen LogP contribution in [0, 0.1) is 0 Å². The van der Waals surface area contributed by atoms with Crippen molar-refractivity contribution in [2.24, 2.45) is 5.73 Å². The molecule has 3 N–H and O–H groups in total. The molecule has 2 bridgehead atoms. The molecule has 0 aromatic carbocycles. The Balaban J connectivity index is 0.00000180. The van der Waals surface area contributed by atoms with E-state index < -0.39 is 34.4 Å². The van der Waals surface area contributed by atoms with Gasteiger partial charge in [-0.2, -0.15) is 13.5 Å². The first-order chi connectivity index (χ1) is 8.20. The SMILES string of the molecule is CC1=C[C@@H](C(N)=O)N2C[C@@H]1N(OS(=O)(=O)O)C2=O.[H-].[Na+]. The smallest absolute Gasteiger partial charge is 1.00 e. The number of hydrogen-bond donors (Lipinski definition) is 2. The summed E-state index contributed by atoms with van der Waals surface area (Å²) in [6.45, 7) is 1.68. The van der Waals surface area contributed by atoms with Gasteiger partial charge in [0.2, 0.25) is 5.91 Å². The van der Waals surface area contributed by atoms with E-state index >= 15 is 0 Å². The van der Waals surface area contributed by atoms with Crippen LogP contribution in [0.2, 0.25) is 0 Å². The fourth-order valence-electron chi connectivity index (χ4n) is 2.03. The second kappa shape index (κ2) is 5.38. The number of nitrogens with zero attached hydrogens (tertiary/aromatic N) is 2. The standard InChI is InChI=1S/C8H11N3O6S.Na.H/c1-4-2-5(7(9)12)10-3-6(4)11(8(10)13)17-18(14,15)16;;/h2,5-6H,3H2,1H3,(H2,9,12)(H,14,15,16);;/q;+1;-1/t5-,6-;;/m0../s1. The largest absolute Gasteiger partial charge is 1.00 e. The minimum absolute atomic E-state index is 0. The number of urea groups is 1. The number of hydrogen-bond acceptors (Lipinski definition) is 5. The average Bonchev–Trinajstić information content (AvgIpc) is 2.47. The van der Waals surface area contributed by atoms with E-state index in [0.717, 1.165) is 4.90 Å². The van der Waals surface area contributed by atoms with Crippen LogP contribution in [0.3, 0.4) is 0 Å². The van der Waals surface area contributed by atoms with Crippen molar-refractivity contribution in [3.05, 3.63) is 11.6 Å². The Bertz CT molecular complexity index is 552. The van der Waals surface area contributed by atoms with Gasteiger partial charge in [-0.25, -0.2) is 4.79 Å². The molecule has 0 unspecified atom stereocenters. The number of fused-ring (bicyclic) bond motifs is 2. The zero-order valence-corrected chi connectivity index (χ0v) is 13.1. The molecule has 0 aromatic rings. The zero-order chi connectivity index (χ0) is 13.7. The maximum absolute atomic E-state index is 11.8. The molecular formula is C8H12N3NaO6S. The number of carbonyl (C=O) groups is 2. The number of nitrogens with two attached hydrogens (primary N) is 1. The molecule has 11 heteroatoms. The molecule has 9 nitrogen and oxygen atoms in total. The summed E-state index contributed by atoms with van der Waals surface area (Å²) in [6, 6.07) is -2.45. The molecule has 2 rings (SSSR count). The molecule has 102 valence electrons. The summed E-state index contributed by atoms with van der Waals surface area (Å²) < 4.78 is 34.1. The van der Waals surface area contributed by atoms with Gasteiger partial charge in [0.25, 0.3) is 0 Å². The van der Waals surface area contributed by atoms with Crippen LogP contribution < -0.4 is 35.3 Å². The summed E-state index contributed by atoms with van der Waals surface area (Å²) in [7, 11) is -4.81. The van der Waals surface area contributed by atoms with Crippen LogP contribution in [0.4, 0.5) is 4.79 Å². The van der Waals surface area contributed by atoms with Gasteiger partial charge < -0.3 is 12.1 Å². The van der Waals surface area contributed by atoms with Crippen molar-refractivity contribution in [1.29, 1.82) is 0 Å². The van der Waals surface area contributed by atoms with Crippen molar-refractivity contribution in [2.45, 2.75) is 19.0 Å². The van der Waals surface area contributed by atoms with E-state index in [1.807, 2.05) is 0 Å². The van der Waals surface area contributed by atoms with E-state index in [9.17, 15) is 18.0 Å². The Morgan fingerprint density at radius 2 is 2.21 bits per heavy atom. The van der Waals surface area contributed by atoms with Crippen molar-refractivity contribution in [1.82, 2.24) is 9.96 Å². The van der Waals surface area contributed by atoms with Gasteiger partial charge in [-0.05, 0) is 12.5 Å². The molecule has 0 radical (unpaired) electrons. The van der Waals surface area contributed by atoms with E-state index in [0.29, 0.717) is 10.6 Å². The molecular weight excluding hydrogens is 289 g/mol. The first-order valence-electron chi connectivity index (χ1n) is 4.95. The Morgan fingerprint density at radius 3 is 2.68 bits per heavy atom. The first-order valence-corrected chi connectivity index (χ1v) is 6.31. The summed E-state index contributed by atoms with van der Waals surface area (Å²) in [5.74, 6) is -0.727. The Kier molecular flexibility index (Phi) is 4.65. The number of amides is 3. The van der Waals surface area contributed by atoms with Crippen molar-refractivity contribution < 1.29 is 57.8 Å². The van der Waals surface area contributed by atoms with Gasteiger partial charge in [-0.1, -0.05) is 6.08 Å². The normalized spacial score (nSPS) is 26.0. The van der Waals surface area contributed by atoms with Gasteiger partial charge >= 0.3 is 46.0 Å². The summed E-state index contributed by atoms with van der Waals surface area (Å²) >= 11 is 0. The summed E-state index contributed by atoms with van der Waals surface area (Å²) in [5, 5.41) is 0.518. The number of primary amides is 1. The molecule has 2 atom stereocenters. The molecule has 1 saturated heterocycles.